The average Bonchev–Trinajstić information content (AvgIpc) is 3.35. The third-order valence-corrected chi connectivity index (χ3v) is 9.86. The van der Waals surface area contributed by atoms with Crippen molar-refractivity contribution in [1.82, 2.24) is 0 Å². The first-order valence-corrected chi connectivity index (χ1v) is 12.1. The van der Waals surface area contributed by atoms with Crippen LogP contribution in [0.4, 0.5) is 0 Å². The molecule has 7 atom stereocenters. The van der Waals surface area contributed by atoms with Crippen molar-refractivity contribution in [2.75, 3.05) is 7.11 Å². The molecule has 0 N–H and O–H groups in total. The monoisotopic (exact) mass is 470 g/mol. The standard InChI is InChI=1S/C27H34O7/c1-15-17(25(4)10-8-19(28)24(2,3)18(25)13-20(29)31-6)7-11-26(5)21(16-9-12-32-14-16)33-23(30)22-27(15,26)34-22/h9,12,14,17-18,21-22H,1,7-8,10-11,13H2,2-6H3/t17-,18+,21+,22-,25-,26+,27-/m1/s1. The van der Waals surface area contributed by atoms with Crippen molar-refractivity contribution in [3.05, 3.63) is 36.3 Å². The van der Waals surface area contributed by atoms with Gasteiger partial charge in [-0.2, -0.15) is 0 Å². The van der Waals surface area contributed by atoms with Crippen molar-refractivity contribution < 1.29 is 33.0 Å². The lowest BCUT2D eigenvalue weighted by Gasteiger charge is -2.58. The number of Topliss-reactive ketones (excluding diaryl/α,β-unsaturated/α-hetero) is 1. The largest absolute Gasteiger partial charge is 0.472 e. The van der Waals surface area contributed by atoms with Gasteiger partial charge < -0.3 is 18.6 Å². The number of rotatable bonds is 4. The van der Waals surface area contributed by atoms with Gasteiger partial charge in [0, 0.05) is 29.2 Å². The number of esters is 2. The van der Waals surface area contributed by atoms with E-state index in [1.807, 2.05) is 19.9 Å². The lowest BCUT2D eigenvalue weighted by Crippen LogP contribution is -2.59. The molecule has 2 aliphatic heterocycles. The van der Waals surface area contributed by atoms with Crippen molar-refractivity contribution in [3.63, 3.8) is 0 Å². The van der Waals surface area contributed by atoms with E-state index in [-0.39, 0.29) is 41.4 Å². The first-order chi connectivity index (χ1) is 15.9. The van der Waals surface area contributed by atoms with Gasteiger partial charge in [0.05, 0.1) is 19.6 Å². The zero-order chi connectivity index (χ0) is 24.7. The normalized spacial score (nSPS) is 42.9. The van der Waals surface area contributed by atoms with Gasteiger partial charge in [0.2, 0.25) is 0 Å². The van der Waals surface area contributed by atoms with E-state index in [9.17, 15) is 14.4 Å². The van der Waals surface area contributed by atoms with Crippen LogP contribution in [0.15, 0.2) is 35.2 Å². The molecular formula is C27H34O7. The number of hydrogen-bond acceptors (Lipinski definition) is 7. The summed E-state index contributed by atoms with van der Waals surface area (Å²) in [4.78, 5) is 38.3. The predicted octanol–water partition coefficient (Wildman–Crippen LogP) is 4.56. The van der Waals surface area contributed by atoms with E-state index < -0.39 is 28.6 Å². The summed E-state index contributed by atoms with van der Waals surface area (Å²) >= 11 is 0. The molecule has 3 heterocycles. The van der Waals surface area contributed by atoms with Gasteiger partial charge in [-0.25, -0.2) is 4.79 Å². The maximum atomic E-state index is 12.9. The summed E-state index contributed by atoms with van der Waals surface area (Å²) in [5, 5.41) is 0. The van der Waals surface area contributed by atoms with Crippen molar-refractivity contribution in [1.29, 1.82) is 0 Å². The second-order valence-electron chi connectivity index (χ2n) is 11.6. The molecule has 34 heavy (non-hydrogen) atoms. The van der Waals surface area contributed by atoms with Gasteiger partial charge in [-0.15, -0.1) is 0 Å². The summed E-state index contributed by atoms with van der Waals surface area (Å²) in [7, 11) is 1.38. The van der Waals surface area contributed by atoms with E-state index in [0.29, 0.717) is 12.8 Å². The van der Waals surface area contributed by atoms with Crippen LogP contribution >= 0.6 is 0 Å². The summed E-state index contributed by atoms with van der Waals surface area (Å²) in [6.07, 6.45) is 4.89. The van der Waals surface area contributed by atoms with Crippen LogP contribution in [-0.2, 0) is 28.6 Å². The van der Waals surface area contributed by atoms with E-state index in [0.717, 1.165) is 24.0 Å². The molecule has 0 unspecified atom stereocenters. The number of methoxy groups -OCH3 is 1. The average molecular weight is 471 g/mol. The third-order valence-electron chi connectivity index (χ3n) is 9.86. The molecule has 5 rings (SSSR count). The zero-order valence-corrected chi connectivity index (χ0v) is 20.6. The number of carbonyl (C=O) groups is 3. The smallest absolute Gasteiger partial charge is 0.339 e. The highest BCUT2D eigenvalue weighted by atomic mass is 16.7. The van der Waals surface area contributed by atoms with E-state index in [4.69, 9.17) is 18.6 Å². The minimum Gasteiger partial charge on any atom is -0.472 e. The van der Waals surface area contributed by atoms with Crippen LogP contribution in [0, 0.1) is 28.1 Å². The lowest BCUT2D eigenvalue weighted by molar-refractivity contribution is -0.170. The van der Waals surface area contributed by atoms with Crippen LogP contribution in [0.25, 0.3) is 0 Å². The molecule has 2 saturated carbocycles. The van der Waals surface area contributed by atoms with Crippen LogP contribution in [0.2, 0.25) is 0 Å². The molecule has 0 bridgehead atoms. The summed E-state index contributed by atoms with van der Waals surface area (Å²) < 4.78 is 22.4. The highest BCUT2D eigenvalue weighted by Crippen LogP contribution is 2.72. The minimum atomic E-state index is -0.822. The molecule has 7 heteroatoms. The molecule has 4 fully saturated rings. The topological polar surface area (TPSA) is 95.3 Å². The molecule has 2 saturated heterocycles. The molecule has 1 aromatic rings. The number of ketones is 1. The summed E-state index contributed by atoms with van der Waals surface area (Å²) in [5.74, 6) is -0.742. The number of carbonyl (C=O) groups excluding carboxylic acids is 3. The fraction of sp³-hybridized carbons (Fsp3) is 0.667. The maximum absolute atomic E-state index is 12.9. The Hall–Kier alpha value is -2.41. The van der Waals surface area contributed by atoms with Crippen LogP contribution in [0.1, 0.15) is 71.5 Å². The number of furan rings is 1. The zero-order valence-electron chi connectivity index (χ0n) is 20.6. The first-order valence-electron chi connectivity index (χ1n) is 12.1. The van der Waals surface area contributed by atoms with Crippen LogP contribution in [0.3, 0.4) is 0 Å². The van der Waals surface area contributed by atoms with Gasteiger partial charge in [-0.05, 0) is 48.2 Å². The molecular weight excluding hydrogens is 436 g/mol. The second-order valence-corrected chi connectivity index (χ2v) is 11.6. The Balaban J connectivity index is 1.54. The molecule has 184 valence electrons. The Morgan fingerprint density at radius 3 is 2.56 bits per heavy atom. The predicted molar refractivity (Wildman–Crippen MR) is 121 cm³/mol. The summed E-state index contributed by atoms with van der Waals surface area (Å²) in [5.41, 5.74) is -0.654. The Kier molecular flexibility index (Phi) is 5.01. The molecule has 1 spiro atoms. The number of hydrogen-bond donors (Lipinski definition) is 0. The maximum Gasteiger partial charge on any atom is 0.339 e. The number of cyclic esters (lactones) is 1. The Morgan fingerprint density at radius 2 is 1.91 bits per heavy atom. The Bertz CT molecular complexity index is 1060. The van der Waals surface area contributed by atoms with Crippen molar-refractivity contribution >= 4 is 17.7 Å². The number of epoxide rings is 1. The first kappa shape index (κ1) is 23.3. The number of ether oxygens (including phenoxy) is 3. The molecule has 0 aromatic carbocycles. The van der Waals surface area contributed by atoms with E-state index >= 15 is 0 Å². The molecule has 7 nitrogen and oxygen atoms in total. The summed E-state index contributed by atoms with van der Waals surface area (Å²) in [6, 6.07) is 1.83. The summed E-state index contributed by atoms with van der Waals surface area (Å²) in [6.45, 7) is 12.7. The Labute approximate surface area is 200 Å². The fourth-order valence-electron chi connectivity index (χ4n) is 7.75. The van der Waals surface area contributed by atoms with Gasteiger partial charge in [-0.1, -0.05) is 34.3 Å². The molecule has 4 aliphatic rings. The fourth-order valence-corrected chi connectivity index (χ4v) is 7.75. The van der Waals surface area contributed by atoms with Crippen molar-refractivity contribution in [3.8, 4) is 0 Å². The molecule has 0 radical (unpaired) electrons. The Morgan fingerprint density at radius 1 is 1.18 bits per heavy atom. The van der Waals surface area contributed by atoms with Crippen LogP contribution in [0.5, 0.6) is 0 Å². The van der Waals surface area contributed by atoms with E-state index in [1.54, 1.807) is 12.5 Å². The minimum absolute atomic E-state index is 0.0106. The van der Waals surface area contributed by atoms with E-state index in [1.165, 1.54) is 7.11 Å². The van der Waals surface area contributed by atoms with E-state index in [2.05, 4.69) is 20.4 Å². The SMILES string of the molecule is C=C1[C@H]([C@@]2(C)CCC(=O)C(C)(C)[C@@H]2CC(=O)OC)CC[C@@]2(C)[C@H](c3ccoc3)OC(=O)[C@H]3O[C@]132. The van der Waals surface area contributed by atoms with Gasteiger partial charge in [0.25, 0.3) is 0 Å². The second kappa shape index (κ2) is 7.30. The molecule has 1 aromatic heterocycles. The lowest BCUT2D eigenvalue weighted by atomic mass is 9.45. The molecule has 0 amide bonds. The van der Waals surface area contributed by atoms with Crippen LogP contribution in [-0.4, -0.2) is 36.5 Å². The van der Waals surface area contributed by atoms with Crippen LogP contribution < -0.4 is 0 Å². The van der Waals surface area contributed by atoms with Crippen molar-refractivity contribution in [2.45, 2.75) is 77.6 Å². The van der Waals surface area contributed by atoms with Gasteiger partial charge in [0.1, 0.15) is 17.5 Å². The van der Waals surface area contributed by atoms with Gasteiger partial charge >= 0.3 is 11.9 Å². The quantitative estimate of drug-likeness (QED) is 0.362. The highest BCUT2D eigenvalue weighted by molar-refractivity contribution is 5.87. The van der Waals surface area contributed by atoms with Crippen molar-refractivity contribution in [2.24, 2.45) is 28.1 Å². The molecule has 2 aliphatic carbocycles. The third kappa shape index (κ3) is 2.82. The van der Waals surface area contributed by atoms with Gasteiger partial charge in [-0.3, -0.25) is 9.59 Å². The highest BCUT2D eigenvalue weighted by Gasteiger charge is 2.80. The van der Waals surface area contributed by atoms with Gasteiger partial charge in [0.15, 0.2) is 6.10 Å².